The van der Waals surface area contributed by atoms with Crippen LogP contribution in [0.3, 0.4) is 0 Å². The van der Waals surface area contributed by atoms with E-state index in [9.17, 15) is 9.59 Å². The normalized spacial score (nSPS) is 11.2. The van der Waals surface area contributed by atoms with Crippen molar-refractivity contribution in [2.45, 2.75) is 20.8 Å². The van der Waals surface area contributed by atoms with Crippen molar-refractivity contribution in [1.29, 1.82) is 0 Å². The van der Waals surface area contributed by atoms with Crippen LogP contribution in [-0.4, -0.2) is 25.4 Å². The largest absolute Gasteiger partial charge is 0.364 e. The summed E-state index contributed by atoms with van der Waals surface area (Å²) in [6.07, 6.45) is 0. The van der Waals surface area contributed by atoms with Crippen LogP contribution < -0.4 is 11.4 Å². The summed E-state index contributed by atoms with van der Waals surface area (Å²) in [6.45, 7) is 5.92. The number of carbonyl (C=O) groups excluding carboxylic acids is 1. The van der Waals surface area contributed by atoms with Crippen molar-refractivity contribution in [3.63, 3.8) is 0 Å². The quantitative estimate of drug-likeness (QED) is 0.571. The number of hydrogen-bond donors (Lipinski definition) is 2. The first kappa shape index (κ1) is 17.2. The first-order chi connectivity index (χ1) is 12.9. The van der Waals surface area contributed by atoms with Crippen LogP contribution in [0.5, 0.6) is 0 Å². The van der Waals surface area contributed by atoms with Crippen molar-refractivity contribution in [2.24, 2.45) is 5.73 Å². The third-order valence-corrected chi connectivity index (χ3v) is 5.60. The van der Waals surface area contributed by atoms with Crippen LogP contribution in [0.2, 0.25) is 0 Å². The van der Waals surface area contributed by atoms with E-state index in [-0.39, 0.29) is 11.2 Å². The Morgan fingerprint density at radius 2 is 1.89 bits per heavy atom. The van der Waals surface area contributed by atoms with Gasteiger partial charge in [-0.3, -0.25) is 4.79 Å². The van der Waals surface area contributed by atoms with Gasteiger partial charge in [-0.2, -0.15) is 0 Å². The number of aromatic nitrogens is 4. The van der Waals surface area contributed by atoms with E-state index in [2.05, 4.69) is 15.0 Å². The van der Waals surface area contributed by atoms with E-state index in [1.807, 2.05) is 50.4 Å². The van der Waals surface area contributed by atoms with Crippen LogP contribution in [0.25, 0.3) is 27.6 Å². The minimum atomic E-state index is -0.716. The second kappa shape index (κ2) is 6.17. The number of benzene rings is 1. The van der Waals surface area contributed by atoms with Gasteiger partial charge in [-0.05, 0) is 61.0 Å². The summed E-state index contributed by atoms with van der Waals surface area (Å²) in [5, 5.41) is 1.93. The Hall–Kier alpha value is -3.26. The minimum absolute atomic E-state index is 0.00230. The number of imidazole rings is 1. The molecule has 27 heavy (non-hydrogen) atoms. The van der Waals surface area contributed by atoms with E-state index in [1.165, 1.54) is 15.9 Å². The van der Waals surface area contributed by atoms with Gasteiger partial charge in [0.2, 0.25) is 0 Å². The number of hydrogen-bond acceptors (Lipinski definition) is 5. The molecule has 0 fully saturated rings. The second-order valence-electron chi connectivity index (χ2n) is 6.43. The van der Waals surface area contributed by atoms with Gasteiger partial charge >= 0.3 is 5.69 Å². The molecule has 0 atom stereocenters. The van der Waals surface area contributed by atoms with Crippen molar-refractivity contribution in [1.82, 2.24) is 19.5 Å². The number of rotatable bonds is 3. The molecule has 3 aromatic heterocycles. The summed E-state index contributed by atoms with van der Waals surface area (Å²) in [5.41, 5.74) is 9.52. The molecule has 0 bridgehead atoms. The fourth-order valence-corrected chi connectivity index (χ4v) is 3.83. The molecule has 0 unspecified atom stereocenters. The Kier molecular flexibility index (Phi) is 3.92. The topological polar surface area (TPSA) is 107 Å². The Morgan fingerprint density at radius 3 is 2.52 bits per heavy atom. The highest BCUT2D eigenvalue weighted by Crippen LogP contribution is 2.28. The fourth-order valence-electron chi connectivity index (χ4n) is 2.97. The Balaban J connectivity index is 2.09. The number of aryl methyl sites for hydroxylation is 3. The smallest absolute Gasteiger partial charge is 0.332 e. The first-order valence-corrected chi connectivity index (χ1v) is 9.19. The number of aromatic amines is 1. The maximum atomic E-state index is 12.7. The number of carbonyl (C=O) groups is 1. The Labute approximate surface area is 158 Å². The highest BCUT2D eigenvalue weighted by Gasteiger charge is 2.21. The molecule has 3 N–H and O–H groups in total. The summed E-state index contributed by atoms with van der Waals surface area (Å²) in [5.74, 6) is -0.341. The standard InChI is InChI=1S/C19H17N5O2S/c1-9-4-5-12(8-11(9)3)24-18-14(22-19(24)26)13(16(20)25)21-17(23-18)15-10(2)6-7-27-15/h4-8H,1-3H3,(H2,20,25)(H,22,26). The van der Waals surface area contributed by atoms with Crippen LogP contribution in [0, 0.1) is 20.8 Å². The highest BCUT2D eigenvalue weighted by atomic mass is 32.1. The van der Waals surface area contributed by atoms with Crippen LogP contribution in [0.15, 0.2) is 34.4 Å². The lowest BCUT2D eigenvalue weighted by atomic mass is 10.1. The van der Waals surface area contributed by atoms with Gasteiger partial charge < -0.3 is 10.7 Å². The molecule has 1 amide bonds. The molecule has 4 rings (SSSR count). The lowest BCUT2D eigenvalue weighted by Gasteiger charge is -2.08. The van der Waals surface area contributed by atoms with E-state index in [4.69, 9.17) is 5.73 Å². The van der Waals surface area contributed by atoms with Gasteiger partial charge in [-0.15, -0.1) is 11.3 Å². The number of primary amides is 1. The molecule has 7 nitrogen and oxygen atoms in total. The van der Waals surface area contributed by atoms with Gasteiger partial charge in [0.25, 0.3) is 5.91 Å². The van der Waals surface area contributed by atoms with Crippen molar-refractivity contribution >= 4 is 28.4 Å². The number of nitrogens with zero attached hydrogens (tertiary/aromatic N) is 3. The number of H-pyrrole nitrogens is 1. The van der Waals surface area contributed by atoms with E-state index < -0.39 is 11.6 Å². The molecule has 0 aliphatic rings. The lowest BCUT2D eigenvalue weighted by Crippen LogP contribution is -2.15. The maximum absolute atomic E-state index is 12.7. The SMILES string of the molecule is Cc1ccc(-n2c(=O)[nH]c3c(C(N)=O)nc(-c4sccc4C)nc32)cc1C. The van der Waals surface area contributed by atoms with Gasteiger partial charge in [-0.25, -0.2) is 19.3 Å². The molecule has 0 spiro atoms. The molecule has 3 heterocycles. The molecule has 1 aromatic carbocycles. The summed E-state index contributed by atoms with van der Waals surface area (Å²) in [6, 6.07) is 7.65. The van der Waals surface area contributed by atoms with Crippen LogP contribution >= 0.6 is 11.3 Å². The van der Waals surface area contributed by atoms with Gasteiger partial charge in [-0.1, -0.05) is 6.07 Å². The van der Waals surface area contributed by atoms with Crippen molar-refractivity contribution in [3.05, 3.63) is 62.5 Å². The molecule has 0 saturated carbocycles. The molecule has 0 aliphatic heterocycles. The third kappa shape index (κ3) is 2.74. The van der Waals surface area contributed by atoms with Crippen LogP contribution in [0.4, 0.5) is 0 Å². The van der Waals surface area contributed by atoms with Crippen molar-refractivity contribution in [3.8, 4) is 16.4 Å². The number of fused-ring (bicyclic) bond motifs is 1. The molecular formula is C19H17N5O2S. The number of nitrogens with two attached hydrogens (primary N) is 1. The Bertz CT molecular complexity index is 1270. The summed E-state index contributed by atoms with van der Waals surface area (Å²) in [4.78, 5) is 37.1. The van der Waals surface area contributed by atoms with Crippen molar-refractivity contribution in [2.75, 3.05) is 0 Å². The van der Waals surface area contributed by atoms with E-state index >= 15 is 0 Å². The van der Waals surface area contributed by atoms with E-state index in [0.29, 0.717) is 17.2 Å². The van der Waals surface area contributed by atoms with Gasteiger partial charge in [0.1, 0.15) is 5.52 Å². The number of thiophene rings is 1. The van der Waals surface area contributed by atoms with E-state index in [1.54, 1.807) is 0 Å². The fraction of sp³-hybridized carbons (Fsp3) is 0.158. The van der Waals surface area contributed by atoms with E-state index in [0.717, 1.165) is 21.6 Å². The molecule has 8 heteroatoms. The maximum Gasteiger partial charge on any atom is 0.332 e. The number of amides is 1. The monoisotopic (exact) mass is 379 g/mol. The van der Waals surface area contributed by atoms with Gasteiger partial charge in [0.15, 0.2) is 17.2 Å². The molecule has 0 radical (unpaired) electrons. The van der Waals surface area contributed by atoms with Crippen molar-refractivity contribution < 1.29 is 4.79 Å². The number of nitrogens with one attached hydrogen (secondary N) is 1. The predicted molar refractivity (Wildman–Crippen MR) is 106 cm³/mol. The first-order valence-electron chi connectivity index (χ1n) is 8.31. The van der Waals surface area contributed by atoms with Gasteiger partial charge in [0.05, 0.1) is 10.6 Å². The third-order valence-electron chi connectivity index (χ3n) is 4.58. The Morgan fingerprint density at radius 1 is 1.11 bits per heavy atom. The van der Waals surface area contributed by atoms with Crippen LogP contribution in [0.1, 0.15) is 27.2 Å². The summed E-state index contributed by atoms with van der Waals surface area (Å²) in [7, 11) is 0. The minimum Gasteiger partial charge on any atom is -0.364 e. The molecule has 4 aromatic rings. The highest BCUT2D eigenvalue weighted by molar-refractivity contribution is 7.13. The summed E-state index contributed by atoms with van der Waals surface area (Å²) >= 11 is 1.47. The predicted octanol–water partition coefficient (Wildman–Crippen LogP) is 2.86. The zero-order valence-electron chi connectivity index (χ0n) is 15.0. The second-order valence-corrected chi connectivity index (χ2v) is 7.34. The molecule has 0 saturated heterocycles. The van der Waals surface area contributed by atoms with Crippen LogP contribution in [-0.2, 0) is 0 Å². The zero-order valence-corrected chi connectivity index (χ0v) is 15.8. The summed E-state index contributed by atoms with van der Waals surface area (Å²) < 4.78 is 1.45. The average Bonchev–Trinajstić information content (AvgIpc) is 3.18. The molecule has 136 valence electrons. The molecule has 0 aliphatic carbocycles. The molecular weight excluding hydrogens is 362 g/mol. The van der Waals surface area contributed by atoms with Gasteiger partial charge in [0, 0.05) is 0 Å². The lowest BCUT2D eigenvalue weighted by molar-refractivity contribution is 0.0997. The zero-order chi connectivity index (χ0) is 19.3. The average molecular weight is 379 g/mol.